The van der Waals surface area contributed by atoms with Crippen molar-refractivity contribution in [3.63, 3.8) is 0 Å². The van der Waals surface area contributed by atoms with Gasteiger partial charge in [-0.1, -0.05) is 30.3 Å². The Hall–Kier alpha value is -2.04. The molecule has 5 heteroatoms. The first-order chi connectivity index (χ1) is 10.9. The summed E-state index contributed by atoms with van der Waals surface area (Å²) in [6.07, 6.45) is 2.18. The molecule has 0 saturated carbocycles. The minimum Gasteiger partial charge on any atom is -0.466 e. The maximum Gasteiger partial charge on any atom is 0.407 e. The quantitative estimate of drug-likeness (QED) is 0.588. The highest BCUT2D eigenvalue weighted by Gasteiger charge is 2.15. The van der Waals surface area contributed by atoms with Crippen molar-refractivity contribution in [3.05, 3.63) is 35.9 Å². The number of esters is 1. The lowest BCUT2D eigenvalue weighted by Gasteiger charge is -2.19. The molecule has 1 aromatic rings. The minimum atomic E-state index is -0.505. The predicted molar refractivity (Wildman–Crippen MR) is 89.2 cm³/mol. The second-order valence-corrected chi connectivity index (χ2v) is 6.34. The van der Waals surface area contributed by atoms with Gasteiger partial charge in [0.05, 0.1) is 6.61 Å². The molecule has 23 heavy (non-hydrogen) atoms. The number of nitrogens with one attached hydrogen (secondary N) is 1. The molecule has 0 fully saturated rings. The number of aryl methyl sites for hydroxylation is 1. The van der Waals surface area contributed by atoms with Crippen LogP contribution in [0.1, 0.15) is 45.6 Å². The summed E-state index contributed by atoms with van der Waals surface area (Å²) in [6.45, 7) is 6.16. The maximum atomic E-state index is 11.6. The standard InChI is InChI=1S/C18H27NO4/c1-18(2,3)23-17(21)19-13-8-14-22-16(20)12-7-11-15-9-5-4-6-10-15/h4-6,9-10H,7-8,11-14H2,1-3H3,(H,19,21). The van der Waals surface area contributed by atoms with E-state index in [2.05, 4.69) is 5.32 Å². The van der Waals surface area contributed by atoms with E-state index < -0.39 is 11.7 Å². The van der Waals surface area contributed by atoms with E-state index in [1.54, 1.807) is 0 Å². The molecule has 0 radical (unpaired) electrons. The van der Waals surface area contributed by atoms with E-state index in [1.165, 1.54) is 5.56 Å². The van der Waals surface area contributed by atoms with Gasteiger partial charge in [-0.25, -0.2) is 4.79 Å². The highest BCUT2D eigenvalue weighted by Crippen LogP contribution is 2.06. The van der Waals surface area contributed by atoms with Gasteiger partial charge in [0.1, 0.15) is 5.60 Å². The fraction of sp³-hybridized carbons (Fsp3) is 0.556. The van der Waals surface area contributed by atoms with Crippen molar-refractivity contribution in [2.45, 2.75) is 52.1 Å². The van der Waals surface area contributed by atoms with Gasteiger partial charge in [0.2, 0.25) is 0 Å². The van der Waals surface area contributed by atoms with E-state index in [0.29, 0.717) is 26.0 Å². The lowest BCUT2D eigenvalue weighted by atomic mass is 10.1. The van der Waals surface area contributed by atoms with Crippen molar-refractivity contribution in [2.75, 3.05) is 13.2 Å². The van der Waals surface area contributed by atoms with Crippen LogP contribution in [0.2, 0.25) is 0 Å². The molecule has 0 aliphatic carbocycles. The number of alkyl carbamates (subject to hydrolysis) is 1. The average molecular weight is 321 g/mol. The maximum absolute atomic E-state index is 11.6. The molecular formula is C18H27NO4. The Morgan fingerprint density at radius 2 is 1.78 bits per heavy atom. The first-order valence-corrected chi connectivity index (χ1v) is 8.03. The van der Waals surface area contributed by atoms with Gasteiger partial charge in [-0.3, -0.25) is 4.79 Å². The van der Waals surface area contributed by atoms with Crippen LogP contribution in [0.15, 0.2) is 30.3 Å². The van der Waals surface area contributed by atoms with Crippen LogP contribution in [0.5, 0.6) is 0 Å². The molecule has 1 amide bonds. The summed E-state index contributed by atoms with van der Waals surface area (Å²) >= 11 is 0. The summed E-state index contributed by atoms with van der Waals surface area (Å²) in [5.74, 6) is -0.196. The fourth-order valence-corrected chi connectivity index (χ4v) is 1.92. The molecule has 0 unspecified atom stereocenters. The second kappa shape index (κ2) is 9.87. The molecule has 1 rings (SSSR count). The van der Waals surface area contributed by atoms with E-state index in [1.807, 2.05) is 51.1 Å². The van der Waals surface area contributed by atoms with Crippen LogP contribution in [0, 0.1) is 0 Å². The van der Waals surface area contributed by atoms with Crippen molar-refractivity contribution in [3.8, 4) is 0 Å². The Morgan fingerprint density at radius 3 is 2.43 bits per heavy atom. The summed E-state index contributed by atoms with van der Waals surface area (Å²) in [7, 11) is 0. The van der Waals surface area contributed by atoms with Crippen LogP contribution in [-0.4, -0.2) is 30.8 Å². The number of amides is 1. The molecule has 0 aromatic heterocycles. The SMILES string of the molecule is CC(C)(C)OC(=O)NCCCOC(=O)CCCc1ccccc1. The van der Waals surface area contributed by atoms with Gasteiger partial charge in [0.25, 0.3) is 0 Å². The molecule has 5 nitrogen and oxygen atoms in total. The Morgan fingerprint density at radius 1 is 1.09 bits per heavy atom. The molecule has 0 atom stereocenters. The van der Waals surface area contributed by atoms with Crippen LogP contribution < -0.4 is 5.32 Å². The van der Waals surface area contributed by atoms with Gasteiger partial charge in [0.15, 0.2) is 0 Å². The van der Waals surface area contributed by atoms with Crippen LogP contribution in [-0.2, 0) is 20.7 Å². The largest absolute Gasteiger partial charge is 0.466 e. The summed E-state index contributed by atoms with van der Waals surface area (Å²) in [6, 6.07) is 10.1. The molecule has 128 valence electrons. The third-order valence-corrected chi connectivity index (χ3v) is 2.94. The number of carbonyl (C=O) groups excluding carboxylic acids is 2. The molecule has 1 aromatic carbocycles. The highest BCUT2D eigenvalue weighted by molar-refractivity contribution is 5.69. The molecule has 0 spiro atoms. The number of hydrogen-bond acceptors (Lipinski definition) is 4. The van der Waals surface area contributed by atoms with Gasteiger partial charge >= 0.3 is 12.1 Å². The van der Waals surface area contributed by atoms with E-state index in [-0.39, 0.29) is 5.97 Å². The fourth-order valence-electron chi connectivity index (χ4n) is 1.92. The Balaban J connectivity index is 2.01. The number of rotatable bonds is 8. The highest BCUT2D eigenvalue weighted by atomic mass is 16.6. The number of ether oxygens (including phenoxy) is 2. The predicted octanol–water partition coefficient (Wildman–Crippen LogP) is 3.47. The Labute approximate surface area is 138 Å². The first-order valence-electron chi connectivity index (χ1n) is 8.03. The van der Waals surface area contributed by atoms with Crippen molar-refractivity contribution in [1.82, 2.24) is 5.32 Å². The summed E-state index contributed by atoms with van der Waals surface area (Å²) in [5, 5.41) is 2.63. The molecule has 0 aliphatic rings. The van der Waals surface area contributed by atoms with Gasteiger partial charge < -0.3 is 14.8 Å². The lowest BCUT2D eigenvalue weighted by molar-refractivity contribution is -0.143. The van der Waals surface area contributed by atoms with Gasteiger partial charge in [-0.05, 0) is 45.6 Å². The Kier molecular flexibility index (Phi) is 8.16. The number of hydrogen-bond donors (Lipinski definition) is 1. The molecule has 0 bridgehead atoms. The van der Waals surface area contributed by atoms with E-state index in [9.17, 15) is 9.59 Å². The molecule has 0 saturated heterocycles. The van der Waals surface area contributed by atoms with E-state index >= 15 is 0 Å². The van der Waals surface area contributed by atoms with Crippen LogP contribution in [0.4, 0.5) is 4.79 Å². The van der Waals surface area contributed by atoms with Crippen molar-refractivity contribution in [2.24, 2.45) is 0 Å². The van der Waals surface area contributed by atoms with Crippen LogP contribution in [0.3, 0.4) is 0 Å². The van der Waals surface area contributed by atoms with Crippen molar-refractivity contribution >= 4 is 12.1 Å². The van der Waals surface area contributed by atoms with Crippen LogP contribution >= 0.6 is 0 Å². The zero-order valence-corrected chi connectivity index (χ0v) is 14.3. The number of benzene rings is 1. The van der Waals surface area contributed by atoms with Gasteiger partial charge in [0, 0.05) is 13.0 Å². The van der Waals surface area contributed by atoms with Crippen molar-refractivity contribution < 1.29 is 19.1 Å². The zero-order valence-electron chi connectivity index (χ0n) is 14.3. The second-order valence-electron chi connectivity index (χ2n) is 6.34. The normalized spacial score (nSPS) is 10.9. The molecule has 0 heterocycles. The average Bonchev–Trinajstić information content (AvgIpc) is 2.46. The monoisotopic (exact) mass is 321 g/mol. The summed E-state index contributed by atoms with van der Waals surface area (Å²) in [4.78, 5) is 23.0. The number of carbonyl (C=O) groups is 2. The van der Waals surface area contributed by atoms with Crippen LogP contribution in [0.25, 0.3) is 0 Å². The topological polar surface area (TPSA) is 64.6 Å². The molecular weight excluding hydrogens is 294 g/mol. The summed E-state index contributed by atoms with van der Waals surface area (Å²) < 4.78 is 10.2. The first kappa shape index (κ1) is 19.0. The molecule has 1 N–H and O–H groups in total. The van der Waals surface area contributed by atoms with Gasteiger partial charge in [-0.15, -0.1) is 0 Å². The Bertz CT molecular complexity index is 480. The third kappa shape index (κ3) is 10.3. The minimum absolute atomic E-state index is 0.196. The van der Waals surface area contributed by atoms with E-state index in [4.69, 9.17) is 9.47 Å². The molecule has 0 aliphatic heterocycles. The smallest absolute Gasteiger partial charge is 0.407 e. The summed E-state index contributed by atoms with van der Waals surface area (Å²) in [5.41, 5.74) is 0.719. The zero-order chi connectivity index (χ0) is 17.1. The third-order valence-electron chi connectivity index (χ3n) is 2.94. The van der Waals surface area contributed by atoms with E-state index in [0.717, 1.165) is 12.8 Å². The lowest BCUT2D eigenvalue weighted by Crippen LogP contribution is -2.33. The van der Waals surface area contributed by atoms with Gasteiger partial charge in [-0.2, -0.15) is 0 Å². The van der Waals surface area contributed by atoms with Crippen molar-refractivity contribution in [1.29, 1.82) is 0 Å².